The van der Waals surface area contributed by atoms with E-state index >= 15 is 0 Å². The van der Waals surface area contributed by atoms with Crippen molar-refractivity contribution in [3.8, 4) is 0 Å². The van der Waals surface area contributed by atoms with Gasteiger partial charge in [-0.15, -0.1) is 0 Å². The number of aliphatic hydroxyl groups excluding tert-OH is 5. The van der Waals surface area contributed by atoms with Crippen LogP contribution in [0.25, 0.3) is 0 Å². The zero-order valence-electron chi connectivity index (χ0n) is 15.1. The SMILES string of the molecule is C=CC(=O)OCC(CC)(CO)CO.C=CC(=O)OCC(CO)(CO)CO. The number of carbonyl (C=O) groups is 2. The molecule has 0 spiro atoms. The average molecular weight is 378 g/mol. The number of ether oxygens (including phenoxy) is 2. The smallest absolute Gasteiger partial charge is 0.330 e. The lowest BCUT2D eigenvalue weighted by Crippen LogP contribution is -2.39. The Kier molecular flexibility index (Phi) is 14.6. The molecule has 26 heavy (non-hydrogen) atoms. The maximum Gasteiger partial charge on any atom is 0.330 e. The number of hydrogen-bond donors (Lipinski definition) is 5. The average Bonchev–Trinajstić information content (AvgIpc) is 2.70. The Labute approximate surface area is 153 Å². The van der Waals surface area contributed by atoms with Gasteiger partial charge >= 0.3 is 11.9 Å². The van der Waals surface area contributed by atoms with Crippen LogP contribution in [0.2, 0.25) is 0 Å². The Morgan fingerprint density at radius 1 is 0.769 bits per heavy atom. The van der Waals surface area contributed by atoms with E-state index in [0.717, 1.165) is 12.2 Å². The fourth-order valence-corrected chi connectivity index (χ4v) is 1.32. The van der Waals surface area contributed by atoms with Crippen LogP contribution in [0.4, 0.5) is 0 Å². The molecule has 0 saturated carbocycles. The Balaban J connectivity index is 0. The van der Waals surface area contributed by atoms with Crippen molar-refractivity contribution >= 4 is 11.9 Å². The summed E-state index contributed by atoms with van der Waals surface area (Å²) in [7, 11) is 0. The third kappa shape index (κ3) is 9.64. The number of rotatable bonds is 12. The largest absolute Gasteiger partial charge is 0.462 e. The first-order valence-electron chi connectivity index (χ1n) is 7.90. The molecule has 0 aromatic heterocycles. The minimum atomic E-state index is -1.17. The van der Waals surface area contributed by atoms with Crippen molar-refractivity contribution < 1.29 is 44.6 Å². The second-order valence-electron chi connectivity index (χ2n) is 5.77. The normalized spacial score (nSPS) is 11.0. The van der Waals surface area contributed by atoms with Gasteiger partial charge < -0.3 is 35.0 Å². The molecule has 9 nitrogen and oxygen atoms in total. The Morgan fingerprint density at radius 3 is 1.31 bits per heavy atom. The molecule has 0 bridgehead atoms. The van der Waals surface area contributed by atoms with Crippen LogP contribution in [0.15, 0.2) is 25.3 Å². The highest BCUT2D eigenvalue weighted by molar-refractivity contribution is 5.81. The number of esters is 2. The summed E-state index contributed by atoms with van der Waals surface area (Å²) in [5.74, 6) is -1.19. The van der Waals surface area contributed by atoms with E-state index in [1.807, 2.05) is 6.92 Å². The molecule has 0 aliphatic rings. The molecule has 0 aliphatic carbocycles. The molecule has 5 N–H and O–H groups in total. The van der Waals surface area contributed by atoms with Gasteiger partial charge in [0.05, 0.1) is 43.9 Å². The van der Waals surface area contributed by atoms with Gasteiger partial charge in [0.25, 0.3) is 0 Å². The molecule has 152 valence electrons. The minimum absolute atomic E-state index is 0.0152. The van der Waals surface area contributed by atoms with Crippen molar-refractivity contribution in [3.05, 3.63) is 25.3 Å². The highest BCUT2D eigenvalue weighted by Crippen LogP contribution is 2.20. The maximum atomic E-state index is 10.7. The molecule has 0 saturated heterocycles. The molecule has 0 rings (SSSR count). The molecule has 0 radical (unpaired) electrons. The minimum Gasteiger partial charge on any atom is -0.462 e. The molecule has 0 aliphatic heterocycles. The molecular formula is C17H30O9. The molecular weight excluding hydrogens is 348 g/mol. The summed E-state index contributed by atoms with van der Waals surface area (Å²) in [4.78, 5) is 21.3. The van der Waals surface area contributed by atoms with Crippen LogP contribution in [0.1, 0.15) is 13.3 Å². The Hall–Kier alpha value is -1.78. The summed E-state index contributed by atoms with van der Waals surface area (Å²) in [5, 5.41) is 44.4. The van der Waals surface area contributed by atoms with Gasteiger partial charge in [0.1, 0.15) is 13.2 Å². The van der Waals surface area contributed by atoms with Gasteiger partial charge in [0.2, 0.25) is 0 Å². The van der Waals surface area contributed by atoms with E-state index in [2.05, 4.69) is 17.9 Å². The van der Waals surface area contributed by atoms with Gasteiger partial charge in [-0.3, -0.25) is 0 Å². The monoisotopic (exact) mass is 378 g/mol. The van der Waals surface area contributed by atoms with Gasteiger partial charge in [-0.2, -0.15) is 0 Å². The molecule has 0 heterocycles. The van der Waals surface area contributed by atoms with Crippen LogP contribution in [0.5, 0.6) is 0 Å². The van der Waals surface area contributed by atoms with Gasteiger partial charge in [0.15, 0.2) is 0 Å². The molecule has 9 heteroatoms. The number of aliphatic hydroxyl groups is 5. The van der Waals surface area contributed by atoms with Crippen molar-refractivity contribution in [2.75, 3.05) is 46.2 Å². The van der Waals surface area contributed by atoms with Crippen LogP contribution < -0.4 is 0 Å². The van der Waals surface area contributed by atoms with Crippen LogP contribution in [0.3, 0.4) is 0 Å². The second kappa shape index (κ2) is 14.4. The lowest BCUT2D eigenvalue weighted by atomic mass is 9.88. The maximum absolute atomic E-state index is 10.7. The zero-order chi connectivity index (χ0) is 20.6. The summed E-state index contributed by atoms with van der Waals surface area (Å²) in [6, 6.07) is 0. The van der Waals surface area contributed by atoms with E-state index in [0.29, 0.717) is 6.42 Å². The summed E-state index contributed by atoms with van der Waals surface area (Å²) in [6.07, 6.45) is 2.57. The molecule has 0 aromatic rings. The van der Waals surface area contributed by atoms with Crippen LogP contribution in [0, 0.1) is 10.8 Å². The van der Waals surface area contributed by atoms with E-state index in [4.69, 9.17) is 30.3 Å². The highest BCUT2D eigenvalue weighted by atomic mass is 16.5. The lowest BCUT2D eigenvalue weighted by Gasteiger charge is -2.27. The van der Waals surface area contributed by atoms with E-state index in [1.54, 1.807) is 0 Å². The fraction of sp³-hybridized carbons (Fsp3) is 0.647. The summed E-state index contributed by atoms with van der Waals surface area (Å²) in [5.41, 5.74) is -1.89. The molecule has 0 atom stereocenters. The highest BCUT2D eigenvalue weighted by Gasteiger charge is 2.30. The van der Waals surface area contributed by atoms with Crippen molar-refractivity contribution in [2.45, 2.75) is 13.3 Å². The zero-order valence-corrected chi connectivity index (χ0v) is 15.1. The summed E-state index contributed by atoms with van der Waals surface area (Å²) >= 11 is 0. The van der Waals surface area contributed by atoms with E-state index in [-0.39, 0.29) is 26.4 Å². The van der Waals surface area contributed by atoms with E-state index < -0.39 is 42.6 Å². The Morgan fingerprint density at radius 2 is 1.08 bits per heavy atom. The van der Waals surface area contributed by atoms with Crippen LogP contribution in [-0.4, -0.2) is 83.7 Å². The van der Waals surface area contributed by atoms with Gasteiger partial charge in [-0.05, 0) is 6.42 Å². The van der Waals surface area contributed by atoms with Crippen molar-refractivity contribution in [2.24, 2.45) is 10.8 Å². The lowest BCUT2D eigenvalue weighted by molar-refractivity contribution is -0.145. The molecule has 0 amide bonds. The Bertz CT molecular complexity index is 369. The van der Waals surface area contributed by atoms with Gasteiger partial charge in [0, 0.05) is 12.2 Å². The van der Waals surface area contributed by atoms with Crippen molar-refractivity contribution in [1.82, 2.24) is 0 Å². The quantitative estimate of drug-likeness (QED) is 0.207. The standard InChI is InChI=1S/C9H16O4.C8H14O5/c1-3-8(12)13-7-9(4-2,5-10)6-11;1-2-7(12)13-6-8(3-9,4-10)5-11/h3,10-11H,1,4-7H2,2H3;2,9-11H,1,3-6H2. The molecule has 0 fully saturated rings. The second-order valence-corrected chi connectivity index (χ2v) is 5.77. The summed E-state index contributed by atoms with van der Waals surface area (Å²) in [6.45, 7) is 6.24. The van der Waals surface area contributed by atoms with E-state index in [9.17, 15) is 9.59 Å². The molecule has 0 unspecified atom stereocenters. The fourth-order valence-electron chi connectivity index (χ4n) is 1.32. The third-order valence-corrected chi connectivity index (χ3v) is 3.80. The first-order valence-corrected chi connectivity index (χ1v) is 7.90. The van der Waals surface area contributed by atoms with Crippen LogP contribution >= 0.6 is 0 Å². The predicted molar refractivity (Wildman–Crippen MR) is 92.9 cm³/mol. The van der Waals surface area contributed by atoms with Gasteiger partial charge in [-0.25, -0.2) is 9.59 Å². The predicted octanol–water partition coefficient (Wildman–Crippen LogP) is -1.22. The first-order chi connectivity index (χ1) is 12.3. The van der Waals surface area contributed by atoms with Crippen molar-refractivity contribution in [1.29, 1.82) is 0 Å². The van der Waals surface area contributed by atoms with Crippen molar-refractivity contribution in [3.63, 3.8) is 0 Å². The summed E-state index contributed by atoms with van der Waals surface area (Å²) < 4.78 is 9.34. The van der Waals surface area contributed by atoms with Crippen LogP contribution in [-0.2, 0) is 19.1 Å². The number of hydrogen-bond acceptors (Lipinski definition) is 9. The topological polar surface area (TPSA) is 154 Å². The number of carbonyl (C=O) groups excluding carboxylic acids is 2. The first kappa shape index (κ1) is 26.4. The third-order valence-electron chi connectivity index (χ3n) is 3.80. The van der Waals surface area contributed by atoms with Gasteiger partial charge in [-0.1, -0.05) is 20.1 Å². The molecule has 0 aromatic carbocycles. The van der Waals surface area contributed by atoms with E-state index in [1.165, 1.54) is 0 Å².